The summed E-state index contributed by atoms with van der Waals surface area (Å²) in [4.78, 5) is 3.90. The molecule has 2 N–H and O–H groups in total. The highest BCUT2D eigenvalue weighted by Crippen LogP contribution is 2.12. The topological polar surface area (TPSA) is 52.0 Å². The first-order chi connectivity index (χ1) is 4.11. The average Bonchev–Trinajstić information content (AvgIpc) is 2.08. The minimum atomic E-state index is -0.382. The molecule has 50 valence electrons. The van der Waals surface area contributed by atoms with Gasteiger partial charge in [-0.3, -0.25) is 0 Å². The number of nitrogens with zero attached hydrogens (tertiary/aromatic N) is 1. The van der Waals surface area contributed by atoms with Crippen molar-refractivity contribution in [3.05, 3.63) is 18.4 Å². The van der Waals surface area contributed by atoms with Gasteiger partial charge in [-0.1, -0.05) is 0 Å². The zero-order chi connectivity index (χ0) is 6.91. The van der Waals surface area contributed by atoms with E-state index in [2.05, 4.69) is 4.98 Å². The van der Waals surface area contributed by atoms with Gasteiger partial charge in [0.1, 0.15) is 6.26 Å². The molecular weight excluding hydrogens is 116 g/mol. The Kier molecular flexibility index (Phi) is 1.29. The summed E-state index contributed by atoms with van der Waals surface area (Å²) >= 11 is 0. The van der Waals surface area contributed by atoms with Gasteiger partial charge in [0, 0.05) is 0 Å². The van der Waals surface area contributed by atoms with Gasteiger partial charge in [-0.25, -0.2) is 4.98 Å². The van der Waals surface area contributed by atoms with Gasteiger partial charge in [0.25, 0.3) is 0 Å². The zero-order valence-corrected chi connectivity index (χ0v) is 5.59. The first kappa shape index (κ1) is 6.29. The summed E-state index contributed by atoms with van der Waals surface area (Å²) in [5, 5.41) is 0. The van der Waals surface area contributed by atoms with Crippen LogP contribution in [0.25, 0.3) is 0 Å². The molecule has 0 bridgehead atoms. The summed E-state index contributed by atoms with van der Waals surface area (Å²) in [6.07, 6.45) is 2.93. The number of hydrogen-bond donors (Lipinski definition) is 1. The fourth-order valence-corrected chi connectivity index (χ4v) is 0.531. The van der Waals surface area contributed by atoms with Crippen molar-refractivity contribution in [3.8, 4) is 0 Å². The maximum absolute atomic E-state index is 5.68. The molecular formula is C6H10N2O. The van der Waals surface area contributed by atoms with Gasteiger partial charge in [0.15, 0.2) is 6.39 Å². The Morgan fingerprint density at radius 2 is 2.33 bits per heavy atom. The van der Waals surface area contributed by atoms with E-state index in [9.17, 15) is 0 Å². The molecule has 0 atom stereocenters. The number of hydrogen-bond acceptors (Lipinski definition) is 3. The normalized spacial score (nSPS) is 11.9. The van der Waals surface area contributed by atoms with Gasteiger partial charge < -0.3 is 10.2 Å². The van der Waals surface area contributed by atoms with Crippen LogP contribution in [-0.2, 0) is 5.54 Å². The van der Waals surface area contributed by atoms with Crippen molar-refractivity contribution in [2.45, 2.75) is 19.4 Å². The van der Waals surface area contributed by atoms with Crippen molar-refractivity contribution in [1.29, 1.82) is 0 Å². The molecule has 3 nitrogen and oxygen atoms in total. The summed E-state index contributed by atoms with van der Waals surface area (Å²) in [6, 6.07) is 0. The molecule has 0 aliphatic rings. The summed E-state index contributed by atoms with van der Waals surface area (Å²) in [6.45, 7) is 3.76. The minimum absolute atomic E-state index is 0.382. The van der Waals surface area contributed by atoms with E-state index in [1.807, 2.05) is 13.8 Å². The third-order valence-electron chi connectivity index (χ3n) is 1.09. The molecule has 0 saturated carbocycles. The van der Waals surface area contributed by atoms with Crippen LogP contribution in [0.15, 0.2) is 17.1 Å². The Bertz CT molecular complexity index is 173. The maximum atomic E-state index is 5.68. The highest BCUT2D eigenvalue weighted by Gasteiger charge is 2.16. The van der Waals surface area contributed by atoms with Crippen LogP contribution in [-0.4, -0.2) is 4.98 Å². The lowest BCUT2D eigenvalue weighted by Gasteiger charge is -2.13. The highest BCUT2D eigenvalue weighted by molar-refractivity contribution is 5.04. The molecule has 0 spiro atoms. The van der Waals surface area contributed by atoms with Crippen LogP contribution >= 0.6 is 0 Å². The molecule has 0 aliphatic heterocycles. The second-order valence-corrected chi connectivity index (χ2v) is 2.60. The predicted molar refractivity (Wildman–Crippen MR) is 33.7 cm³/mol. The second-order valence-electron chi connectivity index (χ2n) is 2.60. The Morgan fingerprint density at radius 1 is 1.67 bits per heavy atom. The fourth-order valence-electron chi connectivity index (χ4n) is 0.531. The number of aromatic nitrogens is 1. The van der Waals surface area contributed by atoms with Crippen molar-refractivity contribution in [2.75, 3.05) is 0 Å². The van der Waals surface area contributed by atoms with Crippen LogP contribution in [0.4, 0.5) is 0 Å². The van der Waals surface area contributed by atoms with E-state index >= 15 is 0 Å². The largest absolute Gasteiger partial charge is 0.451 e. The first-order valence-electron chi connectivity index (χ1n) is 2.78. The lowest BCUT2D eigenvalue weighted by Crippen LogP contribution is -2.28. The van der Waals surface area contributed by atoms with E-state index in [1.54, 1.807) is 6.26 Å². The first-order valence-corrected chi connectivity index (χ1v) is 2.78. The standard InChI is InChI=1S/C6H10N2O/c1-6(2,7)5-3-9-4-8-5/h3-4H,7H2,1-2H3. The lowest BCUT2D eigenvalue weighted by molar-refractivity contribution is 0.519. The third kappa shape index (κ3) is 1.29. The summed E-state index contributed by atoms with van der Waals surface area (Å²) < 4.78 is 4.75. The second kappa shape index (κ2) is 1.84. The van der Waals surface area contributed by atoms with Crippen LogP contribution < -0.4 is 5.73 Å². The Labute approximate surface area is 53.9 Å². The molecule has 1 heterocycles. The van der Waals surface area contributed by atoms with Crippen LogP contribution in [0.1, 0.15) is 19.5 Å². The molecule has 0 fully saturated rings. The van der Waals surface area contributed by atoms with Gasteiger partial charge >= 0.3 is 0 Å². The van der Waals surface area contributed by atoms with Gasteiger partial charge in [0.05, 0.1) is 11.2 Å². The number of rotatable bonds is 1. The van der Waals surface area contributed by atoms with Gasteiger partial charge in [0.2, 0.25) is 0 Å². The predicted octanol–water partition coefficient (Wildman–Crippen LogP) is 0.868. The quantitative estimate of drug-likeness (QED) is 0.607. The fraction of sp³-hybridized carbons (Fsp3) is 0.500. The van der Waals surface area contributed by atoms with Crippen LogP contribution in [0.2, 0.25) is 0 Å². The molecule has 0 aromatic carbocycles. The van der Waals surface area contributed by atoms with E-state index in [-0.39, 0.29) is 5.54 Å². The maximum Gasteiger partial charge on any atom is 0.180 e. The third-order valence-corrected chi connectivity index (χ3v) is 1.09. The van der Waals surface area contributed by atoms with Crippen molar-refractivity contribution in [3.63, 3.8) is 0 Å². The molecule has 3 heteroatoms. The minimum Gasteiger partial charge on any atom is -0.451 e. The highest BCUT2D eigenvalue weighted by atomic mass is 16.3. The molecule has 0 radical (unpaired) electrons. The van der Waals surface area contributed by atoms with Crippen LogP contribution in [0.5, 0.6) is 0 Å². The van der Waals surface area contributed by atoms with Gasteiger partial charge in [-0.05, 0) is 13.8 Å². The molecule has 0 aliphatic carbocycles. The average molecular weight is 126 g/mol. The summed E-state index contributed by atoms with van der Waals surface area (Å²) in [5.74, 6) is 0. The van der Waals surface area contributed by atoms with E-state index in [4.69, 9.17) is 10.2 Å². The Morgan fingerprint density at radius 3 is 2.56 bits per heavy atom. The molecule has 0 amide bonds. The van der Waals surface area contributed by atoms with Crippen molar-refractivity contribution in [2.24, 2.45) is 5.73 Å². The number of nitrogens with two attached hydrogens (primary N) is 1. The molecule has 1 aromatic rings. The van der Waals surface area contributed by atoms with Crippen LogP contribution in [0.3, 0.4) is 0 Å². The summed E-state index contributed by atoms with van der Waals surface area (Å²) in [7, 11) is 0. The van der Waals surface area contributed by atoms with Crippen LogP contribution in [0, 0.1) is 0 Å². The Balaban J connectivity index is 2.90. The van der Waals surface area contributed by atoms with Crippen molar-refractivity contribution < 1.29 is 4.42 Å². The molecule has 9 heavy (non-hydrogen) atoms. The SMILES string of the molecule is CC(C)(N)c1cocn1. The zero-order valence-electron chi connectivity index (χ0n) is 5.59. The summed E-state index contributed by atoms with van der Waals surface area (Å²) in [5.41, 5.74) is 6.08. The van der Waals surface area contributed by atoms with E-state index in [0.717, 1.165) is 5.69 Å². The molecule has 0 unspecified atom stereocenters. The smallest absolute Gasteiger partial charge is 0.180 e. The Hall–Kier alpha value is -0.830. The molecule has 0 saturated heterocycles. The lowest BCUT2D eigenvalue weighted by atomic mass is 10.0. The van der Waals surface area contributed by atoms with Gasteiger partial charge in [-0.15, -0.1) is 0 Å². The van der Waals surface area contributed by atoms with E-state index in [0.29, 0.717) is 0 Å². The van der Waals surface area contributed by atoms with E-state index < -0.39 is 0 Å². The van der Waals surface area contributed by atoms with Crippen molar-refractivity contribution in [1.82, 2.24) is 4.98 Å². The van der Waals surface area contributed by atoms with Crippen molar-refractivity contribution >= 4 is 0 Å². The van der Waals surface area contributed by atoms with Gasteiger partial charge in [-0.2, -0.15) is 0 Å². The monoisotopic (exact) mass is 126 g/mol. The van der Waals surface area contributed by atoms with E-state index in [1.165, 1.54) is 6.39 Å². The molecule has 1 aromatic heterocycles. The molecule has 1 rings (SSSR count). The number of oxazole rings is 1.